The standard InChI is InChI=1S/C24H22BrN3O6S/c1-32-15-6-4-5-14(10-15)27-19(29)12-35-23-16(11-26)20(21(22(30)28-23)24(31)34-3)13-7-8-18(33-2)17(25)9-13/h4-10,20-21H,12H2,1-3H3,(H,27,29)(H,28,30)/t20-,21+/m0/s1. The van der Waals surface area contributed by atoms with E-state index in [0.717, 1.165) is 11.8 Å². The molecule has 2 N–H and O–H groups in total. The van der Waals surface area contributed by atoms with Crippen molar-refractivity contribution >= 4 is 51.2 Å². The van der Waals surface area contributed by atoms with Gasteiger partial charge < -0.3 is 24.8 Å². The molecule has 2 aromatic carbocycles. The van der Waals surface area contributed by atoms with Crippen molar-refractivity contribution in [2.45, 2.75) is 5.92 Å². The number of esters is 1. The van der Waals surface area contributed by atoms with Crippen molar-refractivity contribution in [3.05, 3.63) is 63.1 Å². The average molecular weight is 560 g/mol. The van der Waals surface area contributed by atoms with Crippen LogP contribution in [0.15, 0.2) is 57.5 Å². The normalized spacial score (nSPS) is 17.2. The molecule has 1 aliphatic rings. The zero-order chi connectivity index (χ0) is 25.5. The lowest BCUT2D eigenvalue weighted by Gasteiger charge is -2.31. The summed E-state index contributed by atoms with van der Waals surface area (Å²) in [7, 11) is 4.22. The van der Waals surface area contributed by atoms with Crippen molar-refractivity contribution in [1.82, 2.24) is 5.32 Å². The van der Waals surface area contributed by atoms with Gasteiger partial charge in [-0.05, 0) is 45.8 Å². The van der Waals surface area contributed by atoms with Gasteiger partial charge in [0.1, 0.15) is 17.4 Å². The van der Waals surface area contributed by atoms with E-state index >= 15 is 0 Å². The summed E-state index contributed by atoms with van der Waals surface area (Å²) in [4.78, 5) is 38.0. The SMILES string of the molecule is COC(=O)[C@H]1C(=O)NC(SCC(=O)Nc2cccc(OC)c2)=C(C#N)[C@@H]1c1ccc(OC)c(Br)c1. The van der Waals surface area contributed by atoms with Gasteiger partial charge in [0.2, 0.25) is 11.8 Å². The molecule has 0 fully saturated rings. The van der Waals surface area contributed by atoms with Crippen LogP contribution >= 0.6 is 27.7 Å². The van der Waals surface area contributed by atoms with E-state index in [4.69, 9.17) is 14.2 Å². The maximum atomic E-state index is 12.9. The minimum absolute atomic E-state index is 0.0834. The third kappa shape index (κ3) is 5.96. The maximum Gasteiger partial charge on any atom is 0.319 e. The molecule has 11 heteroatoms. The number of benzene rings is 2. The number of nitrogens with one attached hydrogen (secondary N) is 2. The molecule has 1 heterocycles. The third-order valence-corrected chi connectivity index (χ3v) is 6.86. The fraction of sp³-hybridized carbons (Fsp3) is 0.250. The number of nitriles is 1. The number of hydrogen-bond acceptors (Lipinski definition) is 8. The second-order valence-electron chi connectivity index (χ2n) is 7.29. The Labute approximate surface area is 214 Å². The molecule has 1 aliphatic heterocycles. The van der Waals surface area contributed by atoms with Crippen LogP contribution in [-0.2, 0) is 19.1 Å². The Hall–Kier alpha value is -3.49. The predicted octanol–water partition coefficient (Wildman–Crippen LogP) is 3.58. The fourth-order valence-electron chi connectivity index (χ4n) is 3.59. The molecule has 2 aromatic rings. The van der Waals surface area contributed by atoms with Crippen molar-refractivity contribution < 1.29 is 28.6 Å². The van der Waals surface area contributed by atoms with E-state index in [9.17, 15) is 19.6 Å². The largest absolute Gasteiger partial charge is 0.497 e. The van der Waals surface area contributed by atoms with E-state index < -0.39 is 23.7 Å². The molecule has 0 aliphatic carbocycles. The molecule has 35 heavy (non-hydrogen) atoms. The van der Waals surface area contributed by atoms with Crippen molar-refractivity contribution in [2.75, 3.05) is 32.4 Å². The molecule has 0 aromatic heterocycles. The first kappa shape index (κ1) is 26.1. The van der Waals surface area contributed by atoms with Gasteiger partial charge in [0.15, 0.2) is 0 Å². The first-order valence-electron chi connectivity index (χ1n) is 10.3. The Morgan fingerprint density at radius 3 is 2.57 bits per heavy atom. The average Bonchev–Trinajstić information content (AvgIpc) is 2.86. The second-order valence-corrected chi connectivity index (χ2v) is 9.13. The van der Waals surface area contributed by atoms with Gasteiger partial charge in [-0.2, -0.15) is 5.26 Å². The molecule has 0 saturated heterocycles. The summed E-state index contributed by atoms with van der Waals surface area (Å²) in [5.74, 6) is -2.87. The van der Waals surface area contributed by atoms with E-state index in [0.29, 0.717) is 27.2 Å². The van der Waals surface area contributed by atoms with Crippen molar-refractivity contribution in [3.8, 4) is 17.6 Å². The van der Waals surface area contributed by atoms with Crippen LogP contribution in [0.2, 0.25) is 0 Å². The van der Waals surface area contributed by atoms with Crippen LogP contribution in [-0.4, -0.2) is 44.9 Å². The summed E-state index contributed by atoms with van der Waals surface area (Å²) in [6, 6.07) is 14.0. The van der Waals surface area contributed by atoms with E-state index in [1.165, 1.54) is 21.3 Å². The highest BCUT2D eigenvalue weighted by molar-refractivity contribution is 9.10. The molecular formula is C24H22BrN3O6S. The van der Waals surface area contributed by atoms with E-state index in [1.807, 2.05) is 0 Å². The molecule has 0 radical (unpaired) electrons. The molecule has 2 amide bonds. The van der Waals surface area contributed by atoms with Gasteiger partial charge in [-0.25, -0.2) is 0 Å². The monoisotopic (exact) mass is 559 g/mol. The molecule has 9 nitrogen and oxygen atoms in total. The lowest BCUT2D eigenvalue weighted by atomic mass is 9.78. The van der Waals surface area contributed by atoms with Gasteiger partial charge in [0.05, 0.1) is 48.2 Å². The maximum absolute atomic E-state index is 12.9. The summed E-state index contributed by atoms with van der Waals surface area (Å²) in [5, 5.41) is 15.6. The molecule has 2 atom stereocenters. The Kier molecular flexibility index (Phi) is 8.78. The predicted molar refractivity (Wildman–Crippen MR) is 134 cm³/mol. The highest BCUT2D eigenvalue weighted by Gasteiger charge is 2.44. The summed E-state index contributed by atoms with van der Waals surface area (Å²) < 4.78 is 15.8. The highest BCUT2D eigenvalue weighted by Crippen LogP contribution is 2.42. The van der Waals surface area contributed by atoms with Gasteiger partial charge in [-0.1, -0.05) is 23.9 Å². The number of ether oxygens (including phenoxy) is 3. The van der Waals surface area contributed by atoms with Gasteiger partial charge >= 0.3 is 5.97 Å². The Balaban J connectivity index is 1.91. The third-order valence-electron chi connectivity index (χ3n) is 5.22. The topological polar surface area (TPSA) is 127 Å². The van der Waals surface area contributed by atoms with Crippen LogP contribution in [0.4, 0.5) is 5.69 Å². The number of hydrogen-bond donors (Lipinski definition) is 2. The Morgan fingerprint density at radius 1 is 1.17 bits per heavy atom. The van der Waals surface area contributed by atoms with Crippen LogP contribution in [0.5, 0.6) is 11.5 Å². The van der Waals surface area contributed by atoms with Crippen molar-refractivity contribution in [3.63, 3.8) is 0 Å². The van der Waals surface area contributed by atoms with Crippen LogP contribution in [0, 0.1) is 17.2 Å². The van der Waals surface area contributed by atoms with Crippen LogP contribution in [0.25, 0.3) is 0 Å². The lowest BCUT2D eigenvalue weighted by Crippen LogP contribution is -2.44. The first-order chi connectivity index (χ1) is 16.8. The fourth-order valence-corrected chi connectivity index (χ4v) is 5.00. The molecule has 182 valence electrons. The number of carbonyl (C=O) groups is 3. The second kappa shape index (κ2) is 11.8. The van der Waals surface area contributed by atoms with Crippen molar-refractivity contribution in [2.24, 2.45) is 5.92 Å². The number of rotatable bonds is 8. The van der Waals surface area contributed by atoms with Gasteiger partial charge in [0, 0.05) is 17.7 Å². The molecule has 0 unspecified atom stereocenters. The minimum atomic E-state index is -1.27. The minimum Gasteiger partial charge on any atom is -0.497 e. The van der Waals surface area contributed by atoms with Crippen molar-refractivity contribution in [1.29, 1.82) is 5.26 Å². The zero-order valence-electron chi connectivity index (χ0n) is 19.1. The number of thioether (sulfide) groups is 1. The number of halogens is 1. The quantitative estimate of drug-likeness (QED) is 0.371. The number of nitrogens with zero attached hydrogens (tertiary/aromatic N) is 1. The summed E-state index contributed by atoms with van der Waals surface area (Å²) in [6.45, 7) is 0. The molecule has 0 bridgehead atoms. The summed E-state index contributed by atoms with van der Waals surface area (Å²) in [5.41, 5.74) is 1.23. The number of amides is 2. The highest BCUT2D eigenvalue weighted by atomic mass is 79.9. The van der Waals surface area contributed by atoms with Crippen LogP contribution < -0.4 is 20.1 Å². The first-order valence-corrected chi connectivity index (χ1v) is 12.0. The van der Waals surface area contributed by atoms with E-state index in [-0.39, 0.29) is 22.3 Å². The van der Waals surface area contributed by atoms with E-state index in [2.05, 4.69) is 32.6 Å². The zero-order valence-corrected chi connectivity index (χ0v) is 21.5. The number of methoxy groups -OCH3 is 3. The molecule has 0 spiro atoms. The van der Waals surface area contributed by atoms with Crippen LogP contribution in [0.1, 0.15) is 11.5 Å². The molecular weight excluding hydrogens is 538 g/mol. The molecule has 0 saturated carbocycles. The van der Waals surface area contributed by atoms with Crippen LogP contribution in [0.3, 0.4) is 0 Å². The Morgan fingerprint density at radius 2 is 1.94 bits per heavy atom. The summed E-state index contributed by atoms with van der Waals surface area (Å²) >= 11 is 4.40. The number of carbonyl (C=O) groups excluding carboxylic acids is 3. The lowest BCUT2D eigenvalue weighted by molar-refractivity contribution is -0.150. The van der Waals surface area contributed by atoms with E-state index in [1.54, 1.807) is 42.5 Å². The van der Waals surface area contributed by atoms with Gasteiger partial charge in [-0.3, -0.25) is 14.4 Å². The smallest absolute Gasteiger partial charge is 0.319 e. The number of allylic oxidation sites excluding steroid dienone is 1. The molecule has 3 rings (SSSR count). The van der Waals surface area contributed by atoms with Gasteiger partial charge in [-0.15, -0.1) is 0 Å². The summed E-state index contributed by atoms with van der Waals surface area (Å²) in [6.07, 6.45) is 0. The number of anilines is 1. The Bertz CT molecular complexity index is 1230. The van der Waals surface area contributed by atoms with Gasteiger partial charge in [0.25, 0.3) is 0 Å².